The summed E-state index contributed by atoms with van der Waals surface area (Å²) in [5.74, 6) is -0.780. The minimum Gasteiger partial charge on any atom is -0.465 e. The third-order valence-electron chi connectivity index (χ3n) is 4.59. The van der Waals surface area contributed by atoms with Gasteiger partial charge >= 0.3 is 23.3 Å². The van der Waals surface area contributed by atoms with Crippen molar-refractivity contribution in [2.75, 3.05) is 7.11 Å². The Labute approximate surface area is 141 Å². The summed E-state index contributed by atoms with van der Waals surface area (Å²) in [6, 6.07) is 2.35. The van der Waals surface area contributed by atoms with Gasteiger partial charge in [-0.3, -0.25) is 0 Å². The lowest BCUT2D eigenvalue weighted by Crippen LogP contribution is -2.41. The lowest BCUT2D eigenvalue weighted by molar-refractivity contribution is 0.00578. The van der Waals surface area contributed by atoms with Crippen molar-refractivity contribution in [1.29, 1.82) is 0 Å². The van der Waals surface area contributed by atoms with Crippen LogP contribution in [0.1, 0.15) is 43.6 Å². The highest BCUT2D eigenvalue weighted by atomic mass is 32.3. The molecule has 1 saturated heterocycles. The Morgan fingerprint density at radius 3 is 2.08 bits per heavy atom. The third-order valence-corrected chi connectivity index (χ3v) is 5.54. The highest BCUT2D eigenvalue weighted by molar-refractivity contribution is 7.86. The number of rotatable bonds is 3. The maximum Gasteiger partial charge on any atom is 0.495 e. The van der Waals surface area contributed by atoms with Crippen LogP contribution in [0.4, 0.5) is 3.89 Å². The van der Waals surface area contributed by atoms with Crippen LogP contribution in [-0.4, -0.2) is 39.8 Å². The highest BCUT2D eigenvalue weighted by Crippen LogP contribution is 2.37. The molecular weight excluding hydrogens is 338 g/mol. The second-order valence-corrected chi connectivity index (χ2v) is 8.02. The first-order valence-corrected chi connectivity index (χ1v) is 8.71. The smallest absolute Gasteiger partial charge is 0.465 e. The SMILES string of the molecule is COC(=O)c1cc(B2OC(C)(C)C(C)(C)O2)c(C)c(S(=O)(=O)F)c1. The van der Waals surface area contributed by atoms with Crippen LogP contribution in [0.15, 0.2) is 17.0 Å². The fraction of sp³-hybridized carbons (Fsp3) is 0.533. The molecule has 6 nitrogen and oxygen atoms in total. The van der Waals surface area contributed by atoms with Gasteiger partial charge in [-0.05, 0) is 57.8 Å². The molecule has 1 aliphatic rings. The topological polar surface area (TPSA) is 78.9 Å². The molecule has 0 bridgehead atoms. The van der Waals surface area contributed by atoms with Crippen molar-refractivity contribution < 1.29 is 31.1 Å². The molecule has 1 aliphatic heterocycles. The Morgan fingerprint density at radius 1 is 1.17 bits per heavy atom. The van der Waals surface area contributed by atoms with Crippen molar-refractivity contribution in [3.63, 3.8) is 0 Å². The molecule has 0 aliphatic carbocycles. The molecule has 0 unspecified atom stereocenters. The summed E-state index contributed by atoms with van der Waals surface area (Å²) < 4.78 is 52.9. The summed E-state index contributed by atoms with van der Waals surface area (Å²) in [7, 11) is -4.80. The first-order valence-electron chi connectivity index (χ1n) is 7.33. The Balaban J connectivity index is 2.64. The van der Waals surface area contributed by atoms with E-state index in [1.165, 1.54) is 13.0 Å². The van der Waals surface area contributed by atoms with Crippen molar-refractivity contribution in [3.05, 3.63) is 23.3 Å². The van der Waals surface area contributed by atoms with Crippen LogP contribution in [0.5, 0.6) is 0 Å². The molecule has 2 rings (SSSR count). The largest absolute Gasteiger partial charge is 0.495 e. The minimum absolute atomic E-state index is 0.0935. The average molecular weight is 358 g/mol. The number of carbonyl (C=O) groups is 1. The predicted octanol–water partition coefficient (Wildman–Crippen LogP) is 1.74. The maximum absolute atomic E-state index is 13.6. The molecule has 0 spiro atoms. The molecule has 0 atom stereocenters. The summed E-state index contributed by atoms with van der Waals surface area (Å²) >= 11 is 0. The number of hydrogen-bond donors (Lipinski definition) is 0. The van der Waals surface area contributed by atoms with E-state index in [4.69, 9.17) is 9.31 Å². The van der Waals surface area contributed by atoms with Crippen LogP contribution in [0.3, 0.4) is 0 Å². The van der Waals surface area contributed by atoms with Crippen molar-refractivity contribution >= 4 is 28.8 Å². The molecule has 1 aromatic rings. The number of esters is 1. The lowest BCUT2D eigenvalue weighted by Gasteiger charge is -2.32. The van der Waals surface area contributed by atoms with E-state index in [0.717, 1.165) is 13.2 Å². The Kier molecular flexibility index (Phi) is 4.58. The van der Waals surface area contributed by atoms with Gasteiger partial charge < -0.3 is 14.0 Å². The monoisotopic (exact) mass is 358 g/mol. The van der Waals surface area contributed by atoms with Gasteiger partial charge in [0.05, 0.1) is 23.9 Å². The van der Waals surface area contributed by atoms with Crippen LogP contribution in [0.25, 0.3) is 0 Å². The van der Waals surface area contributed by atoms with Gasteiger partial charge in [0, 0.05) is 0 Å². The van der Waals surface area contributed by atoms with Crippen LogP contribution in [0.2, 0.25) is 0 Å². The van der Waals surface area contributed by atoms with E-state index in [1.807, 2.05) is 27.7 Å². The molecule has 1 heterocycles. The summed E-state index contributed by atoms with van der Waals surface area (Å²) in [5.41, 5.74) is -1.03. The summed E-state index contributed by atoms with van der Waals surface area (Å²) in [4.78, 5) is 11.2. The van der Waals surface area contributed by atoms with E-state index in [9.17, 15) is 17.1 Å². The van der Waals surface area contributed by atoms with Crippen molar-refractivity contribution in [3.8, 4) is 0 Å². The van der Waals surface area contributed by atoms with E-state index < -0.39 is 39.4 Å². The van der Waals surface area contributed by atoms with E-state index in [2.05, 4.69) is 4.74 Å². The normalized spacial score (nSPS) is 19.4. The van der Waals surface area contributed by atoms with Gasteiger partial charge in [-0.1, -0.05) is 0 Å². The van der Waals surface area contributed by atoms with E-state index in [-0.39, 0.29) is 16.6 Å². The third kappa shape index (κ3) is 3.20. The van der Waals surface area contributed by atoms with Crippen LogP contribution >= 0.6 is 0 Å². The summed E-state index contributed by atoms with van der Waals surface area (Å²) in [6.45, 7) is 8.77. The van der Waals surface area contributed by atoms with Gasteiger partial charge in [-0.2, -0.15) is 8.42 Å². The fourth-order valence-electron chi connectivity index (χ4n) is 2.41. The Bertz CT molecular complexity index is 771. The summed E-state index contributed by atoms with van der Waals surface area (Å²) in [6.07, 6.45) is 0. The van der Waals surface area contributed by atoms with E-state index in [0.29, 0.717) is 0 Å². The van der Waals surface area contributed by atoms with Crippen LogP contribution in [0, 0.1) is 6.92 Å². The maximum atomic E-state index is 13.6. The number of carbonyl (C=O) groups excluding carboxylic acids is 1. The molecule has 1 fully saturated rings. The fourth-order valence-corrected chi connectivity index (χ4v) is 3.16. The minimum atomic E-state index is -5.03. The van der Waals surface area contributed by atoms with Gasteiger partial charge in [-0.15, -0.1) is 3.89 Å². The van der Waals surface area contributed by atoms with Crippen LogP contribution < -0.4 is 5.46 Å². The Morgan fingerprint density at radius 2 is 1.67 bits per heavy atom. The number of benzene rings is 1. The zero-order chi connectivity index (χ0) is 18.5. The second kappa shape index (κ2) is 5.82. The first kappa shape index (κ1) is 18.9. The van der Waals surface area contributed by atoms with Crippen molar-refractivity contribution in [2.45, 2.75) is 50.7 Å². The molecule has 132 valence electrons. The van der Waals surface area contributed by atoms with Crippen molar-refractivity contribution in [2.24, 2.45) is 0 Å². The van der Waals surface area contributed by atoms with Gasteiger partial charge in [0.25, 0.3) is 0 Å². The predicted molar refractivity (Wildman–Crippen MR) is 86.5 cm³/mol. The van der Waals surface area contributed by atoms with E-state index >= 15 is 0 Å². The second-order valence-electron chi connectivity index (χ2n) is 6.71. The number of ether oxygens (including phenoxy) is 1. The van der Waals surface area contributed by atoms with Gasteiger partial charge in [0.2, 0.25) is 0 Å². The zero-order valence-corrected chi connectivity index (χ0v) is 15.3. The lowest BCUT2D eigenvalue weighted by atomic mass is 9.75. The van der Waals surface area contributed by atoms with E-state index in [1.54, 1.807) is 0 Å². The molecule has 0 saturated carbocycles. The number of methoxy groups -OCH3 is 1. The van der Waals surface area contributed by atoms with Crippen molar-refractivity contribution in [1.82, 2.24) is 0 Å². The number of hydrogen-bond acceptors (Lipinski definition) is 6. The molecule has 24 heavy (non-hydrogen) atoms. The quantitative estimate of drug-likeness (QED) is 0.465. The molecule has 0 amide bonds. The average Bonchev–Trinajstić information content (AvgIpc) is 2.65. The van der Waals surface area contributed by atoms with Gasteiger partial charge in [0.1, 0.15) is 4.90 Å². The molecule has 0 radical (unpaired) electrons. The van der Waals surface area contributed by atoms with Gasteiger partial charge in [0.15, 0.2) is 0 Å². The zero-order valence-electron chi connectivity index (χ0n) is 14.5. The molecular formula is C15H20BFO6S. The highest BCUT2D eigenvalue weighted by Gasteiger charge is 2.52. The molecule has 1 aromatic carbocycles. The molecule has 0 aromatic heterocycles. The molecule has 9 heteroatoms. The van der Waals surface area contributed by atoms with Crippen LogP contribution in [-0.2, 0) is 24.3 Å². The number of halogens is 1. The Hall–Kier alpha value is -1.45. The first-order chi connectivity index (χ1) is 10.8. The standard InChI is InChI=1S/C15H20BFO6S/c1-9-11(16-22-14(2,3)15(4,5)23-16)7-10(13(18)21-6)8-12(9)24(17,19)20/h7-8H,1-6H3. The summed E-state index contributed by atoms with van der Waals surface area (Å²) in [5, 5.41) is 0. The van der Waals surface area contributed by atoms with Gasteiger partial charge in [-0.25, -0.2) is 4.79 Å². The molecule has 0 N–H and O–H groups in total.